The van der Waals surface area contributed by atoms with Crippen LogP contribution in [0.2, 0.25) is 5.02 Å². The van der Waals surface area contributed by atoms with Crippen LogP contribution in [-0.4, -0.2) is 22.1 Å². The maximum absolute atomic E-state index is 11.7. The number of rotatable bonds is 5. The van der Waals surface area contributed by atoms with Crippen molar-refractivity contribution in [3.63, 3.8) is 0 Å². The number of carbonyl (C=O) groups excluding carboxylic acids is 1. The van der Waals surface area contributed by atoms with E-state index in [0.29, 0.717) is 28.0 Å². The van der Waals surface area contributed by atoms with Gasteiger partial charge in [-0.15, -0.1) is 22.6 Å². The van der Waals surface area contributed by atoms with Gasteiger partial charge in [-0.2, -0.15) is 0 Å². The Morgan fingerprint density at radius 3 is 2.81 bits per heavy atom. The van der Waals surface area contributed by atoms with Crippen molar-refractivity contribution in [1.29, 1.82) is 0 Å². The van der Waals surface area contributed by atoms with Crippen LogP contribution in [0.4, 0.5) is 5.13 Å². The van der Waals surface area contributed by atoms with E-state index in [1.54, 1.807) is 6.07 Å². The molecule has 5 nitrogen and oxygen atoms in total. The Hall–Kier alpha value is -1.21. The number of halogens is 2. The van der Waals surface area contributed by atoms with Crippen molar-refractivity contribution in [3.8, 4) is 10.6 Å². The second-order valence-corrected chi connectivity index (χ2v) is 5.84. The highest BCUT2D eigenvalue weighted by molar-refractivity contribution is 7.18. The summed E-state index contributed by atoms with van der Waals surface area (Å²) in [5.74, 6) is -0.107. The average molecular weight is 347 g/mol. The van der Waals surface area contributed by atoms with E-state index in [9.17, 15) is 4.79 Å². The molecule has 3 N–H and O–H groups in total. The van der Waals surface area contributed by atoms with Crippen LogP contribution in [0.5, 0.6) is 0 Å². The van der Waals surface area contributed by atoms with Gasteiger partial charge in [-0.25, -0.2) is 0 Å². The first-order chi connectivity index (χ1) is 9.56. The van der Waals surface area contributed by atoms with Crippen molar-refractivity contribution < 1.29 is 4.79 Å². The summed E-state index contributed by atoms with van der Waals surface area (Å²) in [4.78, 5) is 11.7. The molecule has 0 bridgehead atoms. The first-order valence-electron chi connectivity index (χ1n) is 6.20. The maximum Gasteiger partial charge on any atom is 0.226 e. The van der Waals surface area contributed by atoms with Gasteiger partial charge in [0.1, 0.15) is 0 Å². The number of aromatic nitrogens is 2. The van der Waals surface area contributed by atoms with Crippen LogP contribution in [0.3, 0.4) is 0 Å². The summed E-state index contributed by atoms with van der Waals surface area (Å²) in [6.07, 6.45) is 1.01. The molecule has 2 rings (SSSR count). The van der Waals surface area contributed by atoms with E-state index in [-0.39, 0.29) is 24.4 Å². The predicted octanol–water partition coefficient (Wildman–Crippen LogP) is 3.35. The van der Waals surface area contributed by atoms with Crippen LogP contribution in [0.1, 0.15) is 19.8 Å². The lowest BCUT2D eigenvalue weighted by Crippen LogP contribution is -2.19. The molecule has 8 heteroatoms. The van der Waals surface area contributed by atoms with Crippen molar-refractivity contribution in [2.45, 2.75) is 25.8 Å². The van der Waals surface area contributed by atoms with Gasteiger partial charge in [0.2, 0.25) is 11.0 Å². The molecule has 114 valence electrons. The summed E-state index contributed by atoms with van der Waals surface area (Å²) in [6.45, 7) is 1.87. The van der Waals surface area contributed by atoms with Crippen LogP contribution < -0.4 is 11.1 Å². The molecular formula is C13H16Cl2N4OS. The third-order valence-corrected chi connectivity index (χ3v) is 3.80. The second kappa shape index (κ2) is 8.29. The molecule has 0 spiro atoms. The number of hydrogen-bond donors (Lipinski definition) is 2. The molecule has 1 unspecified atom stereocenters. The average Bonchev–Trinajstić information content (AvgIpc) is 2.85. The van der Waals surface area contributed by atoms with Gasteiger partial charge < -0.3 is 11.1 Å². The van der Waals surface area contributed by atoms with E-state index in [1.165, 1.54) is 11.3 Å². The highest BCUT2D eigenvalue weighted by Crippen LogP contribution is 2.31. The molecule has 0 radical (unpaired) electrons. The molecule has 1 amide bonds. The zero-order valence-electron chi connectivity index (χ0n) is 11.4. The molecule has 1 heterocycles. The first-order valence-corrected chi connectivity index (χ1v) is 7.39. The van der Waals surface area contributed by atoms with Crippen LogP contribution in [-0.2, 0) is 4.79 Å². The highest BCUT2D eigenvalue weighted by atomic mass is 35.5. The van der Waals surface area contributed by atoms with Crippen molar-refractivity contribution in [2.24, 2.45) is 5.73 Å². The monoisotopic (exact) mass is 346 g/mol. The zero-order chi connectivity index (χ0) is 14.5. The number of nitrogens with two attached hydrogens (primary N) is 1. The van der Waals surface area contributed by atoms with Gasteiger partial charge in [-0.3, -0.25) is 4.79 Å². The molecule has 0 fully saturated rings. The Labute approximate surface area is 138 Å². The fourth-order valence-electron chi connectivity index (χ4n) is 1.56. The number of hydrogen-bond acceptors (Lipinski definition) is 5. The first kappa shape index (κ1) is 17.8. The third-order valence-electron chi connectivity index (χ3n) is 2.60. The van der Waals surface area contributed by atoms with E-state index >= 15 is 0 Å². The lowest BCUT2D eigenvalue weighted by molar-refractivity contribution is -0.116. The molecular weight excluding hydrogens is 331 g/mol. The zero-order valence-corrected chi connectivity index (χ0v) is 13.8. The smallest absolute Gasteiger partial charge is 0.226 e. The fraction of sp³-hybridized carbons (Fsp3) is 0.308. The number of benzene rings is 1. The second-order valence-electron chi connectivity index (χ2n) is 4.46. The molecule has 0 aliphatic heterocycles. The maximum atomic E-state index is 11.7. The van der Waals surface area contributed by atoms with Gasteiger partial charge in [0.15, 0.2) is 5.01 Å². The Bertz CT molecular complexity index is 603. The standard InChI is InChI=1S/C13H15ClN4OS.ClH/c1-8(15)6-7-11(19)16-13-18-17-12(20-13)9-4-2-3-5-10(9)14;/h2-5,8H,6-7,15H2,1H3,(H,16,18,19);1H. The predicted molar refractivity (Wildman–Crippen MR) is 89.1 cm³/mol. The van der Waals surface area contributed by atoms with Crippen molar-refractivity contribution in [2.75, 3.05) is 5.32 Å². The molecule has 21 heavy (non-hydrogen) atoms. The topological polar surface area (TPSA) is 80.9 Å². The van der Waals surface area contributed by atoms with E-state index in [0.717, 1.165) is 5.56 Å². The normalized spacial score (nSPS) is 11.6. The molecule has 0 saturated heterocycles. The summed E-state index contributed by atoms with van der Waals surface area (Å²) in [5.41, 5.74) is 6.42. The molecule has 1 aromatic heterocycles. The van der Waals surface area contributed by atoms with Gasteiger partial charge in [0.05, 0.1) is 5.02 Å². The number of carbonyl (C=O) groups is 1. The van der Waals surface area contributed by atoms with E-state index in [2.05, 4.69) is 15.5 Å². The molecule has 0 saturated carbocycles. The minimum Gasteiger partial charge on any atom is -0.328 e. The van der Waals surface area contributed by atoms with Crippen molar-refractivity contribution in [3.05, 3.63) is 29.3 Å². The van der Waals surface area contributed by atoms with Gasteiger partial charge in [0.25, 0.3) is 0 Å². The van der Waals surface area contributed by atoms with E-state index in [1.807, 2.05) is 25.1 Å². The number of anilines is 1. The SMILES string of the molecule is CC(N)CCC(=O)Nc1nnc(-c2ccccc2Cl)s1.Cl. The molecule has 1 atom stereocenters. The number of nitrogens with zero attached hydrogens (tertiary/aromatic N) is 2. The van der Waals surface area contributed by atoms with Crippen LogP contribution in [0.25, 0.3) is 10.6 Å². The third kappa shape index (κ3) is 5.24. The van der Waals surface area contributed by atoms with Gasteiger partial charge >= 0.3 is 0 Å². The lowest BCUT2D eigenvalue weighted by atomic mass is 10.2. The minimum absolute atomic E-state index is 0. The Kier molecular flexibility index (Phi) is 7.04. The summed E-state index contributed by atoms with van der Waals surface area (Å²) in [7, 11) is 0. The Morgan fingerprint density at radius 2 is 2.14 bits per heavy atom. The van der Waals surface area contributed by atoms with Gasteiger partial charge in [-0.05, 0) is 19.4 Å². The fourth-order valence-corrected chi connectivity index (χ4v) is 2.64. The van der Waals surface area contributed by atoms with Gasteiger partial charge in [0, 0.05) is 18.0 Å². The number of nitrogens with one attached hydrogen (secondary N) is 1. The molecule has 0 aliphatic carbocycles. The van der Waals surface area contributed by atoms with Crippen LogP contribution in [0, 0.1) is 0 Å². The van der Waals surface area contributed by atoms with Gasteiger partial charge in [-0.1, -0.05) is 41.1 Å². The quantitative estimate of drug-likeness (QED) is 0.869. The Morgan fingerprint density at radius 1 is 1.43 bits per heavy atom. The molecule has 2 aromatic rings. The van der Waals surface area contributed by atoms with Crippen molar-refractivity contribution in [1.82, 2.24) is 10.2 Å². The number of amides is 1. The van der Waals surface area contributed by atoms with Crippen LogP contribution in [0.15, 0.2) is 24.3 Å². The summed E-state index contributed by atoms with van der Waals surface area (Å²) in [6, 6.07) is 7.39. The van der Waals surface area contributed by atoms with E-state index < -0.39 is 0 Å². The highest BCUT2D eigenvalue weighted by Gasteiger charge is 2.11. The molecule has 0 aliphatic rings. The van der Waals surface area contributed by atoms with Crippen LogP contribution >= 0.6 is 35.3 Å². The van der Waals surface area contributed by atoms with E-state index in [4.69, 9.17) is 17.3 Å². The van der Waals surface area contributed by atoms with Crippen molar-refractivity contribution >= 4 is 46.4 Å². The summed E-state index contributed by atoms with van der Waals surface area (Å²) in [5, 5.41) is 12.5. The lowest BCUT2D eigenvalue weighted by Gasteiger charge is -2.03. The summed E-state index contributed by atoms with van der Waals surface area (Å²) >= 11 is 7.39. The largest absolute Gasteiger partial charge is 0.328 e. The molecule has 1 aromatic carbocycles. The minimum atomic E-state index is -0.107. The summed E-state index contributed by atoms with van der Waals surface area (Å²) < 4.78 is 0. The Balaban J connectivity index is 0.00000220.